The molecule has 0 unspecified atom stereocenters. The Hall–Kier alpha value is -11.6. The molecule has 0 heterocycles. The lowest BCUT2D eigenvalue weighted by molar-refractivity contribution is -0.158. The predicted molar refractivity (Wildman–Crippen MR) is 411 cm³/mol. The zero-order valence-corrected chi connectivity index (χ0v) is 64.3. The third-order valence-electron chi connectivity index (χ3n) is 17.5. The van der Waals surface area contributed by atoms with E-state index < -0.39 is 41.0 Å². The second-order valence-corrected chi connectivity index (χ2v) is 28.6. The predicted octanol–water partition coefficient (Wildman–Crippen LogP) is 16.5. The van der Waals surface area contributed by atoms with E-state index >= 15 is 0 Å². The highest BCUT2D eigenvalue weighted by atomic mass is 16.6. The Morgan fingerprint density at radius 1 is 0.374 bits per heavy atom. The average molecular weight is 1460 g/mol. The molecule has 107 heavy (non-hydrogen) atoms. The lowest BCUT2D eigenvalue weighted by Crippen LogP contribution is -2.27. The van der Waals surface area contributed by atoms with Crippen LogP contribution < -0.4 is 18.9 Å². The lowest BCUT2D eigenvalue weighted by Gasteiger charge is -2.25. The first-order valence-electron chi connectivity index (χ1n) is 34.9. The van der Waals surface area contributed by atoms with Gasteiger partial charge in [-0.05, 0) is 283 Å². The number of ether oxygens (including phenoxy) is 8. The number of phenolic OH excluding ortho intramolecular Hbond substituents is 5. The number of esters is 4. The van der Waals surface area contributed by atoms with Gasteiger partial charge in [-0.1, -0.05) is 84.9 Å². The second-order valence-electron chi connectivity index (χ2n) is 28.6. The molecular formula is C88H98O19. The smallest absolute Gasteiger partial charge is 0.344 e. The molecule has 0 fully saturated rings. The molecule has 0 spiro atoms. The third kappa shape index (κ3) is 22.7. The number of hydrogen-bond acceptors (Lipinski definition) is 19. The van der Waals surface area contributed by atoms with Gasteiger partial charge in [0.15, 0.2) is 39.0 Å². The summed E-state index contributed by atoms with van der Waals surface area (Å²) in [6.45, 7) is 28.0. The zero-order valence-electron chi connectivity index (χ0n) is 64.3. The first kappa shape index (κ1) is 82.7. The minimum atomic E-state index is -0.630. The molecule has 0 saturated carbocycles. The molecule has 0 atom stereocenters. The van der Waals surface area contributed by atoms with Gasteiger partial charge in [0.1, 0.15) is 62.9 Å². The maximum Gasteiger partial charge on any atom is 0.344 e. The summed E-state index contributed by atoms with van der Waals surface area (Å²) in [5.41, 5.74) is 16.3. The van der Waals surface area contributed by atoms with Crippen LogP contribution in [0.15, 0.2) is 133 Å². The van der Waals surface area contributed by atoms with Gasteiger partial charge in [0.2, 0.25) is 0 Å². The number of rotatable bonds is 24. The van der Waals surface area contributed by atoms with Crippen LogP contribution in [0.5, 0.6) is 51.7 Å². The third-order valence-corrected chi connectivity index (χ3v) is 17.5. The number of methoxy groups -OCH3 is 2. The topological polar surface area (TPSA) is 277 Å². The van der Waals surface area contributed by atoms with E-state index in [2.05, 4.69) is 12.1 Å². The van der Waals surface area contributed by atoms with Crippen molar-refractivity contribution in [3.63, 3.8) is 0 Å². The van der Waals surface area contributed by atoms with Crippen LogP contribution in [-0.2, 0) is 57.4 Å². The molecule has 0 saturated heterocycles. The highest BCUT2D eigenvalue weighted by Crippen LogP contribution is 2.44. The summed E-state index contributed by atoms with van der Waals surface area (Å²) < 4.78 is 43.4. The number of carbonyl (C=O) groups is 6. The molecule has 0 aliphatic heterocycles. The van der Waals surface area contributed by atoms with E-state index in [1.807, 2.05) is 154 Å². The summed E-state index contributed by atoms with van der Waals surface area (Å²) in [5, 5.41) is 52.6. The first-order valence-corrected chi connectivity index (χ1v) is 34.9. The maximum absolute atomic E-state index is 12.4. The van der Waals surface area contributed by atoms with Gasteiger partial charge in [-0.25, -0.2) is 19.2 Å². The van der Waals surface area contributed by atoms with E-state index in [0.29, 0.717) is 105 Å². The van der Waals surface area contributed by atoms with Crippen molar-refractivity contribution in [2.75, 3.05) is 40.6 Å². The van der Waals surface area contributed by atoms with E-state index in [-0.39, 0.29) is 60.9 Å². The lowest BCUT2D eigenvalue weighted by atomic mass is 9.81. The van der Waals surface area contributed by atoms with E-state index in [1.54, 1.807) is 77.9 Å². The second kappa shape index (κ2) is 36.4. The Kier molecular flexibility index (Phi) is 28.1. The van der Waals surface area contributed by atoms with Gasteiger partial charge < -0.3 is 63.4 Å². The number of benzene rings is 9. The monoisotopic (exact) mass is 1460 g/mol. The molecule has 0 aromatic heterocycles. The summed E-state index contributed by atoms with van der Waals surface area (Å²) in [4.78, 5) is 71.6. The number of aldehydes is 2. The summed E-state index contributed by atoms with van der Waals surface area (Å²) in [6, 6.07) is 41.1. The highest BCUT2D eigenvalue weighted by molar-refractivity contribution is 5.82. The molecule has 19 nitrogen and oxygen atoms in total. The van der Waals surface area contributed by atoms with Gasteiger partial charge in [0.05, 0.1) is 25.3 Å². The standard InChI is InChI=1S/C53H56O10.C27H32O8.C8H10O/c1-28-15-39(16-29(2)50(28)56)48-35(8)53(59)34(7)21-42(48)25-38-23-36(11-13-44(38)62-26-46(54)60-9)22-37-12-14-45(63-27-47(55)61-10)43(24-37)49(40-17-30(3)51(57)31(4)18-40)41-19-32(5)52(58)33(6)20-41;1-26(2,3)34-24(30)16-32-22-9-7-18(12-20(22)14-28)11-19-8-10-23(21(13-19)15-29)33-17-25(31)35-27(4,5)6;1-6-4-3-5-7(2)8(6)9/h11-21,23-24,49,56-59H,22,25-27H2,1-10H3;7-10,12-15H,11,16-17H2,1-6H3;3-5,9H,1-2H3. The average Bonchev–Trinajstić information content (AvgIpc) is 0.793. The zero-order chi connectivity index (χ0) is 78.9. The molecule has 9 aromatic carbocycles. The van der Waals surface area contributed by atoms with E-state index in [4.69, 9.17) is 37.9 Å². The van der Waals surface area contributed by atoms with Crippen molar-refractivity contribution in [1.82, 2.24) is 0 Å². The molecule has 0 radical (unpaired) electrons. The van der Waals surface area contributed by atoms with Gasteiger partial charge in [0.25, 0.3) is 0 Å². The van der Waals surface area contributed by atoms with E-state index in [9.17, 15) is 54.3 Å². The van der Waals surface area contributed by atoms with Gasteiger partial charge in [0, 0.05) is 17.9 Å². The SMILES string of the molecule is CC(C)(C)OC(=O)COc1ccc(Cc2ccc(OCC(=O)OC(C)(C)C)c(C=O)c2)cc1C=O.COC(=O)COc1ccc(Cc2ccc(OCC(=O)OC)c(C(c3cc(C)c(O)c(C)c3)c3cc(C)c(O)c(C)c3)c2)cc1Cc1cc(C)c(O)c(C)c1-c1cc(C)c(O)c(C)c1.Cc1cccc(C)c1O. The molecule has 564 valence electrons. The number of hydrogen-bond donors (Lipinski definition) is 5. The molecule has 9 rings (SSSR count). The van der Waals surface area contributed by atoms with Gasteiger partial charge in [-0.2, -0.15) is 0 Å². The molecule has 5 N–H and O–H groups in total. The van der Waals surface area contributed by atoms with Crippen molar-refractivity contribution in [2.45, 2.75) is 147 Å². The van der Waals surface area contributed by atoms with E-state index in [0.717, 1.165) is 72.3 Å². The van der Waals surface area contributed by atoms with Crippen molar-refractivity contribution in [3.05, 3.63) is 250 Å². The molecular weight excluding hydrogens is 1360 g/mol. The maximum atomic E-state index is 12.4. The van der Waals surface area contributed by atoms with Crippen molar-refractivity contribution in [2.24, 2.45) is 0 Å². The van der Waals surface area contributed by atoms with Crippen LogP contribution in [0.4, 0.5) is 0 Å². The summed E-state index contributed by atoms with van der Waals surface area (Å²) in [5.74, 6) is 0.196. The minimum Gasteiger partial charge on any atom is -0.507 e. The van der Waals surface area contributed by atoms with Crippen molar-refractivity contribution in [3.8, 4) is 62.9 Å². The van der Waals surface area contributed by atoms with Crippen LogP contribution in [0.1, 0.15) is 174 Å². The number of para-hydroxylation sites is 1. The van der Waals surface area contributed by atoms with Crippen molar-refractivity contribution in [1.29, 1.82) is 0 Å². The molecule has 19 heteroatoms. The normalized spacial score (nSPS) is 11.1. The van der Waals surface area contributed by atoms with Crippen LogP contribution in [0.3, 0.4) is 0 Å². The van der Waals surface area contributed by atoms with E-state index in [1.165, 1.54) is 14.2 Å². The number of carbonyl (C=O) groups excluding carboxylic acids is 6. The summed E-state index contributed by atoms with van der Waals surface area (Å²) >= 11 is 0. The van der Waals surface area contributed by atoms with Crippen LogP contribution in [0, 0.1) is 69.2 Å². The van der Waals surface area contributed by atoms with Crippen molar-refractivity contribution < 1.29 is 92.2 Å². The highest BCUT2D eigenvalue weighted by Gasteiger charge is 2.27. The number of phenols is 5. The van der Waals surface area contributed by atoms with Crippen LogP contribution in [0.25, 0.3) is 11.1 Å². The molecule has 0 amide bonds. The quantitative estimate of drug-likeness (QED) is 0.0163. The molecule has 0 bridgehead atoms. The molecule has 0 aliphatic carbocycles. The van der Waals surface area contributed by atoms with Gasteiger partial charge >= 0.3 is 23.9 Å². The van der Waals surface area contributed by atoms with Crippen LogP contribution in [-0.4, -0.2) is 114 Å². The van der Waals surface area contributed by atoms with Gasteiger partial charge in [-0.3, -0.25) is 9.59 Å². The first-order chi connectivity index (χ1) is 50.4. The Balaban J connectivity index is 0.000000302. The molecule has 9 aromatic rings. The minimum absolute atomic E-state index is 0.191. The summed E-state index contributed by atoms with van der Waals surface area (Å²) in [6.07, 6.45) is 2.59. The fourth-order valence-electron chi connectivity index (χ4n) is 12.4. The largest absolute Gasteiger partial charge is 0.507 e. The number of aromatic hydroxyl groups is 5. The Morgan fingerprint density at radius 2 is 0.720 bits per heavy atom. The fraction of sp³-hybridized carbons (Fsp3) is 0.318. The van der Waals surface area contributed by atoms with Crippen LogP contribution >= 0.6 is 0 Å². The number of aryl methyl sites for hydroxylation is 9. The Labute approximate surface area is 626 Å². The van der Waals surface area contributed by atoms with Crippen LogP contribution in [0.2, 0.25) is 0 Å². The fourth-order valence-corrected chi connectivity index (χ4v) is 12.4. The molecule has 0 aliphatic rings. The van der Waals surface area contributed by atoms with Gasteiger partial charge in [-0.15, -0.1) is 0 Å². The van der Waals surface area contributed by atoms with Crippen molar-refractivity contribution >= 4 is 36.4 Å². The summed E-state index contributed by atoms with van der Waals surface area (Å²) in [7, 11) is 2.62. The Bertz CT molecular complexity index is 4520. The Morgan fingerprint density at radius 3 is 1.12 bits per heavy atom.